The molecule has 1 unspecified atom stereocenters. The predicted octanol–water partition coefficient (Wildman–Crippen LogP) is 6.92. The van der Waals surface area contributed by atoms with Crippen molar-refractivity contribution in [2.75, 3.05) is 12.4 Å². The third-order valence-electron chi connectivity index (χ3n) is 7.01. The number of carbonyl (C=O) groups excluding carboxylic acids is 1. The standard InChI is InChI=1S/C29H27N3O2S/c1-4-18-9-14-21-23(16-30)29(35-25(21)15-18)32-28(33)26-17(2)27(19-10-12-20(34-3)13-11-19)31-24-8-6-5-7-22(24)26/h5-8,10-13,18H,4,9,14-15H2,1-3H3,(H,32,33). The van der Waals surface area contributed by atoms with E-state index >= 15 is 0 Å². The summed E-state index contributed by atoms with van der Waals surface area (Å²) < 4.78 is 5.29. The highest BCUT2D eigenvalue weighted by atomic mass is 32.1. The van der Waals surface area contributed by atoms with Crippen molar-refractivity contribution in [2.45, 2.75) is 39.5 Å². The second-order valence-electron chi connectivity index (χ2n) is 9.00. The minimum absolute atomic E-state index is 0.210. The third kappa shape index (κ3) is 4.17. The molecular weight excluding hydrogens is 454 g/mol. The van der Waals surface area contributed by atoms with E-state index in [1.54, 1.807) is 18.4 Å². The Labute approximate surface area is 209 Å². The second-order valence-corrected chi connectivity index (χ2v) is 10.1. The van der Waals surface area contributed by atoms with Gasteiger partial charge in [0.05, 0.1) is 29.4 Å². The van der Waals surface area contributed by atoms with E-state index in [2.05, 4.69) is 18.3 Å². The Morgan fingerprint density at radius 1 is 1.23 bits per heavy atom. The summed E-state index contributed by atoms with van der Waals surface area (Å²) in [5.41, 5.74) is 5.56. The molecule has 6 heteroatoms. The lowest BCUT2D eigenvalue weighted by molar-refractivity contribution is 0.102. The summed E-state index contributed by atoms with van der Waals surface area (Å²) in [5, 5.41) is 14.5. The van der Waals surface area contributed by atoms with Gasteiger partial charge in [-0.1, -0.05) is 31.5 Å². The number of nitrogens with zero attached hydrogens (tertiary/aromatic N) is 2. The van der Waals surface area contributed by atoms with E-state index in [1.165, 1.54) is 4.88 Å². The van der Waals surface area contributed by atoms with E-state index in [-0.39, 0.29) is 5.91 Å². The Balaban J connectivity index is 1.58. The van der Waals surface area contributed by atoms with Gasteiger partial charge in [-0.05, 0) is 73.6 Å². The lowest BCUT2D eigenvalue weighted by Crippen LogP contribution is -2.15. The number of anilines is 1. The first-order chi connectivity index (χ1) is 17.0. The van der Waals surface area contributed by atoms with Gasteiger partial charge >= 0.3 is 0 Å². The van der Waals surface area contributed by atoms with Crippen molar-refractivity contribution in [3.8, 4) is 23.1 Å². The fraction of sp³-hybridized carbons (Fsp3) is 0.276. The molecule has 35 heavy (non-hydrogen) atoms. The van der Waals surface area contributed by atoms with Crippen LogP contribution in [0.25, 0.3) is 22.2 Å². The first kappa shape index (κ1) is 23.1. The summed E-state index contributed by atoms with van der Waals surface area (Å²) in [4.78, 5) is 19.9. The monoisotopic (exact) mass is 481 g/mol. The van der Waals surface area contributed by atoms with E-state index in [9.17, 15) is 10.1 Å². The zero-order valence-electron chi connectivity index (χ0n) is 20.1. The number of hydrogen-bond acceptors (Lipinski definition) is 5. The Morgan fingerprint density at radius 3 is 2.71 bits per heavy atom. The van der Waals surface area contributed by atoms with Crippen LogP contribution in [-0.4, -0.2) is 18.0 Å². The van der Waals surface area contributed by atoms with Gasteiger partial charge in [-0.3, -0.25) is 4.79 Å². The summed E-state index contributed by atoms with van der Waals surface area (Å²) >= 11 is 1.56. The van der Waals surface area contributed by atoms with E-state index in [4.69, 9.17) is 9.72 Å². The molecule has 2 heterocycles. The minimum Gasteiger partial charge on any atom is -0.497 e. The molecular formula is C29H27N3O2S. The quantitative estimate of drug-likeness (QED) is 0.336. The average Bonchev–Trinajstić information content (AvgIpc) is 3.24. The van der Waals surface area contributed by atoms with Crippen LogP contribution in [0.15, 0.2) is 48.5 Å². The SMILES string of the molecule is CCC1CCc2c(sc(NC(=O)c3c(C)c(-c4ccc(OC)cc4)nc4ccccc34)c2C#N)C1. The molecule has 0 radical (unpaired) electrons. The molecule has 2 aromatic carbocycles. The number of rotatable bonds is 5. The maximum absolute atomic E-state index is 13.8. The molecule has 0 bridgehead atoms. The number of thiophene rings is 1. The van der Waals surface area contributed by atoms with Crippen molar-refractivity contribution in [2.24, 2.45) is 5.92 Å². The van der Waals surface area contributed by atoms with Crippen LogP contribution in [0.3, 0.4) is 0 Å². The van der Waals surface area contributed by atoms with E-state index in [0.29, 0.717) is 22.0 Å². The number of methoxy groups -OCH3 is 1. The average molecular weight is 482 g/mol. The van der Waals surface area contributed by atoms with Crippen LogP contribution in [0.2, 0.25) is 0 Å². The molecule has 0 saturated carbocycles. The van der Waals surface area contributed by atoms with Crippen LogP contribution in [0.4, 0.5) is 5.00 Å². The number of pyridine rings is 1. The molecule has 1 N–H and O–H groups in total. The van der Waals surface area contributed by atoms with Crippen LogP contribution < -0.4 is 10.1 Å². The lowest BCUT2D eigenvalue weighted by atomic mass is 9.86. The molecule has 4 aromatic rings. The summed E-state index contributed by atoms with van der Waals surface area (Å²) in [6.45, 7) is 4.15. The molecule has 1 aliphatic carbocycles. The molecule has 0 aliphatic heterocycles. The highest BCUT2D eigenvalue weighted by Gasteiger charge is 2.27. The highest BCUT2D eigenvalue weighted by molar-refractivity contribution is 7.16. The number of amides is 1. The van der Waals surface area contributed by atoms with E-state index in [1.807, 2.05) is 55.5 Å². The van der Waals surface area contributed by atoms with E-state index < -0.39 is 0 Å². The van der Waals surface area contributed by atoms with Gasteiger partial charge < -0.3 is 10.1 Å². The summed E-state index contributed by atoms with van der Waals surface area (Å²) in [6.07, 6.45) is 4.13. The number of hydrogen-bond donors (Lipinski definition) is 1. The van der Waals surface area contributed by atoms with Gasteiger partial charge in [0, 0.05) is 15.8 Å². The zero-order chi connectivity index (χ0) is 24.5. The van der Waals surface area contributed by atoms with Crippen molar-refractivity contribution in [1.29, 1.82) is 5.26 Å². The molecule has 176 valence electrons. The Bertz CT molecular complexity index is 1460. The van der Waals surface area contributed by atoms with Gasteiger partial charge in [0.25, 0.3) is 5.91 Å². The van der Waals surface area contributed by atoms with Crippen LogP contribution >= 0.6 is 11.3 Å². The van der Waals surface area contributed by atoms with Crippen molar-refractivity contribution in [1.82, 2.24) is 4.98 Å². The maximum atomic E-state index is 13.8. The Hall–Kier alpha value is -3.69. The molecule has 0 saturated heterocycles. The topological polar surface area (TPSA) is 75.0 Å². The summed E-state index contributed by atoms with van der Waals surface area (Å²) in [6, 6.07) is 17.8. The van der Waals surface area contributed by atoms with Gasteiger partial charge in [0.15, 0.2) is 0 Å². The van der Waals surface area contributed by atoms with Crippen molar-refractivity contribution in [3.05, 3.63) is 75.7 Å². The molecule has 5 rings (SSSR count). The number of carbonyl (C=O) groups is 1. The summed E-state index contributed by atoms with van der Waals surface area (Å²) in [5.74, 6) is 1.20. The third-order valence-corrected chi connectivity index (χ3v) is 8.18. The number of aromatic nitrogens is 1. The maximum Gasteiger partial charge on any atom is 0.257 e. The Morgan fingerprint density at radius 2 is 2.00 bits per heavy atom. The van der Waals surface area contributed by atoms with Crippen LogP contribution in [0.1, 0.15) is 51.7 Å². The van der Waals surface area contributed by atoms with E-state index in [0.717, 1.165) is 64.7 Å². The summed E-state index contributed by atoms with van der Waals surface area (Å²) in [7, 11) is 1.64. The molecule has 0 spiro atoms. The predicted molar refractivity (Wildman–Crippen MR) is 141 cm³/mol. The molecule has 0 fully saturated rings. The highest BCUT2D eigenvalue weighted by Crippen LogP contribution is 2.40. The van der Waals surface area contributed by atoms with Crippen molar-refractivity contribution in [3.63, 3.8) is 0 Å². The number of nitrogens with one attached hydrogen (secondary N) is 1. The van der Waals surface area contributed by atoms with Crippen molar-refractivity contribution >= 4 is 33.1 Å². The van der Waals surface area contributed by atoms with Crippen LogP contribution in [-0.2, 0) is 12.8 Å². The van der Waals surface area contributed by atoms with Gasteiger partial charge in [-0.25, -0.2) is 4.98 Å². The second kappa shape index (κ2) is 9.52. The fourth-order valence-corrected chi connectivity index (χ4v) is 6.31. The zero-order valence-corrected chi connectivity index (χ0v) is 21.0. The fourth-order valence-electron chi connectivity index (χ4n) is 5.00. The number of ether oxygens (including phenoxy) is 1. The first-order valence-electron chi connectivity index (χ1n) is 11.9. The van der Waals surface area contributed by atoms with Crippen LogP contribution in [0.5, 0.6) is 5.75 Å². The molecule has 2 aromatic heterocycles. The normalized spacial score (nSPS) is 14.9. The van der Waals surface area contributed by atoms with Crippen molar-refractivity contribution < 1.29 is 9.53 Å². The number of fused-ring (bicyclic) bond motifs is 2. The van der Waals surface area contributed by atoms with Gasteiger partial charge in [-0.15, -0.1) is 11.3 Å². The largest absolute Gasteiger partial charge is 0.497 e. The number of benzene rings is 2. The molecule has 1 atom stereocenters. The van der Waals surface area contributed by atoms with Crippen LogP contribution in [0, 0.1) is 24.2 Å². The van der Waals surface area contributed by atoms with Gasteiger partial charge in [-0.2, -0.15) is 5.26 Å². The Kier molecular flexibility index (Phi) is 6.27. The minimum atomic E-state index is -0.210. The molecule has 1 aliphatic rings. The molecule has 5 nitrogen and oxygen atoms in total. The lowest BCUT2D eigenvalue weighted by Gasteiger charge is -2.20. The van der Waals surface area contributed by atoms with Gasteiger partial charge in [0.1, 0.15) is 16.8 Å². The first-order valence-corrected chi connectivity index (χ1v) is 12.7. The number of para-hydroxylation sites is 1. The van der Waals surface area contributed by atoms with Gasteiger partial charge in [0.2, 0.25) is 0 Å². The smallest absolute Gasteiger partial charge is 0.257 e. The number of nitriles is 1. The molecule has 1 amide bonds.